The summed E-state index contributed by atoms with van der Waals surface area (Å²) in [6, 6.07) is 7.87. The first-order valence-corrected chi connectivity index (χ1v) is 6.29. The molecule has 0 saturated carbocycles. The van der Waals surface area contributed by atoms with E-state index in [0.717, 1.165) is 16.5 Å². The van der Waals surface area contributed by atoms with Gasteiger partial charge in [0.1, 0.15) is 6.33 Å². The molecule has 3 aromatic rings. The standard InChI is InChI=1S/C14H14N6O/c1-21-12-13(17-8-18-14(12)20-15)19-11-4-2-3-9-5-6-16-7-10(9)11/h2-8H,15H2,1H3,(H2,17,18,19,20). The molecule has 0 atom stereocenters. The summed E-state index contributed by atoms with van der Waals surface area (Å²) >= 11 is 0. The van der Waals surface area contributed by atoms with E-state index in [9.17, 15) is 0 Å². The van der Waals surface area contributed by atoms with Gasteiger partial charge in [-0.15, -0.1) is 0 Å². The maximum absolute atomic E-state index is 5.42. The van der Waals surface area contributed by atoms with Gasteiger partial charge in [0.15, 0.2) is 11.6 Å². The molecule has 21 heavy (non-hydrogen) atoms. The number of aromatic nitrogens is 3. The number of rotatable bonds is 4. The zero-order valence-electron chi connectivity index (χ0n) is 11.4. The number of benzene rings is 1. The van der Waals surface area contributed by atoms with Crippen molar-refractivity contribution in [1.29, 1.82) is 0 Å². The van der Waals surface area contributed by atoms with Crippen LogP contribution >= 0.6 is 0 Å². The summed E-state index contributed by atoms with van der Waals surface area (Å²) in [7, 11) is 1.54. The number of ether oxygens (including phenoxy) is 1. The number of methoxy groups -OCH3 is 1. The van der Waals surface area contributed by atoms with Gasteiger partial charge in [-0.25, -0.2) is 15.8 Å². The molecule has 4 N–H and O–H groups in total. The maximum Gasteiger partial charge on any atom is 0.205 e. The van der Waals surface area contributed by atoms with Crippen molar-refractivity contribution in [2.24, 2.45) is 5.84 Å². The van der Waals surface area contributed by atoms with E-state index in [1.807, 2.05) is 24.3 Å². The van der Waals surface area contributed by atoms with Crippen LogP contribution in [0, 0.1) is 0 Å². The Labute approximate surface area is 121 Å². The van der Waals surface area contributed by atoms with Crippen molar-refractivity contribution in [2.75, 3.05) is 17.9 Å². The molecule has 0 radical (unpaired) electrons. The van der Waals surface area contributed by atoms with Crippen molar-refractivity contribution in [3.05, 3.63) is 43.0 Å². The van der Waals surface area contributed by atoms with Gasteiger partial charge in [0.2, 0.25) is 5.75 Å². The molecule has 7 heteroatoms. The molecule has 0 fully saturated rings. The van der Waals surface area contributed by atoms with E-state index in [1.165, 1.54) is 13.4 Å². The highest BCUT2D eigenvalue weighted by Crippen LogP contribution is 2.32. The molecule has 106 valence electrons. The van der Waals surface area contributed by atoms with Crippen LogP contribution in [0.15, 0.2) is 43.0 Å². The number of nitrogen functional groups attached to an aromatic ring is 1. The first kappa shape index (κ1) is 13.1. The number of pyridine rings is 1. The molecule has 0 bridgehead atoms. The first-order valence-electron chi connectivity index (χ1n) is 6.29. The SMILES string of the molecule is COc1c(NN)ncnc1Nc1cccc2ccncc12. The lowest BCUT2D eigenvalue weighted by Gasteiger charge is -2.13. The highest BCUT2D eigenvalue weighted by atomic mass is 16.5. The quantitative estimate of drug-likeness (QED) is 0.497. The third-order valence-corrected chi connectivity index (χ3v) is 3.08. The maximum atomic E-state index is 5.42. The topological polar surface area (TPSA) is 98.0 Å². The van der Waals surface area contributed by atoms with Gasteiger partial charge in [-0.05, 0) is 17.5 Å². The minimum atomic E-state index is 0.411. The largest absolute Gasteiger partial charge is 0.490 e. The zero-order valence-corrected chi connectivity index (χ0v) is 11.4. The Morgan fingerprint density at radius 2 is 2.00 bits per heavy atom. The van der Waals surface area contributed by atoms with Crippen LogP contribution in [0.5, 0.6) is 5.75 Å². The number of fused-ring (bicyclic) bond motifs is 1. The summed E-state index contributed by atoms with van der Waals surface area (Å²) in [4.78, 5) is 12.4. The molecule has 0 saturated heterocycles. The molecule has 0 amide bonds. The number of nitrogens with zero attached hydrogens (tertiary/aromatic N) is 3. The van der Waals surface area contributed by atoms with E-state index >= 15 is 0 Å². The second-order valence-corrected chi connectivity index (χ2v) is 4.28. The van der Waals surface area contributed by atoms with Gasteiger partial charge in [-0.3, -0.25) is 4.98 Å². The molecule has 0 unspecified atom stereocenters. The summed E-state index contributed by atoms with van der Waals surface area (Å²) in [5, 5.41) is 5.30. The highest BCUT2D eigenvalue weighted by Gasteiger charge is 2.12. The van der Waals surface area contributed by atoms with Gasteiger partial charge >= 0.3 is 0 Å². The van der Waals surface area contributed by atoms with Crippen LogP contribution in [0.25, 0.3) is 10.8 Å². The fourth-order valence-corrected chi connectivity index (χ4v) is 2.11. The number of anilines is 3. The average Bonchev–Trinajstić information content (AvgIpc) is 2.55. The van der Waals surface area contributed by atoms with E-state index < -0.39 is 0 Å². The van der Waals surface area contributed by atoms with Crippen molar-refractivity contribution in [3.63, 3.8) is 0 Å². The second-order valence-electron chi connectivity index (χ2n) is 4.28. The van der Waals surface area contributed by atoms with E-state index in [1.54, 1.807) is 12.4 Å². The molecule has 7 nitrogen and oxygen atoms in total. The Kier molecular flexibility index (Phi) is 3.48. The number of nitrogens with two attached hydrogens (primary N) is 1. The smallest absolute Gasteiger partial charge is 0.205 e. The average molecular weight is 282 g/mol. The van der Waals surface area contributed by atoms with Crippen molar-refractivity contribution in [3.8, 4) is 5.75 Å². The summed E-state index contributed by atoms with van der Waals surface area (Å²) in [6.07, 6.45) is 4.96. The van der Waals surface area contributed by atoms with Crippen molar-refractivity contribution >= 4 is 28.1 Å². The Hall–Kier alpha value is -2.93. The molecule has 0 aliphatic rings. The van der Waals surface area contributed by atoms with Crippen LogP contribution in [0.3, 0.4) is 0 Å². The number of hydrogen-bond acceptors (Lipinski definition) is 7. The summed E-state index contributed by atoms with van der Waals surface area (Å²) in [5.41, 5.74) is 3.36. The number of hydrazine groups is 1. The van der Waals surface area contributed by atoms with Crippen molar-refractivity contribution in [2.45, 2.75) is 0 Å². The van der Waals surface area contributed by atoms with E-state index in [4.69, 9.17) is 10.6 Å². The lowest BCUT2D eigenvalue weighted by Crippen LogP contribution is -2.11. The number of nitrogens with one attached hydrogen (secondary N) is 2. The van der Waals surface area contributed by atoms with Crippen LogP contribution in [0.2, 0.25) is 0 Å². The molecule has 2 aromatic heterocycles. The predicted octanol–water partition coefficient (Wildman–Crippen LogP) is 2.06. The fraction of sp³-hybridized carbons (Fsp3) is 0.0714. The Morgan fingerprint density at radius 1 is 1.14 bits per heavy atom. The molecule has 0 aliphatic heterocycles. The lowest BCUT2D eigenvalue weighted by atomic mass is 10.1. The van der Waals surface area contributed by atoms with Crippen LogP contribution in [0.4, 0.5) is 17.3 Å². The molecule has 3 rings (SSSR count). The highest BCUT2D eigenvalue weighted by molar-refractivity contribution is 5.95. The molecular formula is C14H14N6O. The first-order chi connectivity index (χ1) is 10.3. The van der Waals surface area contributed by atoms with Crippen molar-refractivity contribution < 1.29 is 4.74 Å². The monoisotopic (exact) mass is 282 g/mol. The summed E-state index contributed by atoms with van der Waals surface area (Å²) in [5.74, 6) is 6.80. The van der Waals surface area contributed by atoms with Gasteiger partial charge in [-0.2, -0.15) is 0 Å². The normalized spacial score (nSPS) is 10.4. The molecule has 0 aliphatic carbocycles. The van der Waals surface area contributed by atoms with Crippen LogP contribution in [-0.2, 0) is 0 Å². The molecular weight excluding hydrogens is 268 g/mol. The lowest BCUT2D eigenvalue weighted by molar-refractivity contribution is 0.415. The zero-order chi connectivity index (χ0) is 14.7. The Bertz CT molecular complexity index is 771. The van der Waals surface area contributed by atoms with E-state index in [0.29, 0.717) is 17.4 Å². The molecule has 2 heterocycles. The minimum Gasteiger partial charge on any atom is -0.490 e. The predicted molar refractivity (Wildman–Crippen MR) is 81.4 cm³/mol. The minimum absolute atomic E-state index is 0.411. The Morgan fingerprint density at radius 3 is 2.81 bits per heavy atom. The summed E-state index contributed by atoms with van der Waals surface area (Å²) < 4.78 is 5.31. The number of hydrogen-bond donors (Lipinski definition) is 3. The third kappa shape index (κ3) is 2.41. The van der Waals surface area contributed by atoms with E-state index in [2.05, 4.69) is 25.7 Å². The Balaban J connectivity index is 2.07. The van der Waals surface area contributed by atoms with Gasteiger partial charge < -0.3 is 15.5 Å². The fourth-order valence-electron chi connectivity index (χ4n) is 2.11. The van der Waals surface area contributed by atoms with Crippen LogP contribution in [-0.4, -0.2) is 22.1 Å². The van der Waals surface area contributed by atoms with Crippen molar-refractivity contribution in [1.82, 2.24) is 15.0 Å². The van der Waals surface area contributed by atoms with Gasteiger partial charge in [0.05, 0.1) is 7.11 Å². The second kappa shape index (κ2) is 5.59. The molecule has 0 spiro atoms. The third-order valence-electron chi connectivity index (χ3n) is 3.08. The van der Waals surface area contributed by atoms with E-state index in [-0.39, 0.29) is 0 Å². The van der Waals surface area contributed by atoms with Gasteiger partial charge in [0, 0.05) is 23.5 Å². The van der Waals surface area contributed by atoms with Gasteiger partial charge in [-0.1, -0.05) is 12.1 Å². The van der Waals surface area contributed by atoms with Crippen LogP contribution in [0.1, 0.15) is 0 Å². The molecule has 1 aromatic carbocycles. The summed E-state index contributed by atoms with van der Waals surface area (Å²) in [6.45, 7) is 0. The van der Waals surface area contributed by atoms with Gasteiger partial charge in [0.25, 0.3) is 0 Å². The van der Waals surface area contributed by atoms with Crippen LogP contribution < -0.4 is 21.3 Å².